The molecule has 4 heteroatoms. The van der Waals surface area contributed by atoms with Gasteiger partial charge in [0.1, 0.15) is 5.60 Å². The topological polar surface area (TPSA) is 20.2 Å². The molecule has 0 saturated carbocycles. The van der Waals surface area contributed by atoms with Crippen molar-refractivity contribution in [2.75, 3.05) is 0 Å². The number of halogens is 3. The molecule has 1 unspecified atom stereocenters. The molecule has 11 heavy (non-hydrogen) atoms. The van der Waals surface area contributed by atoms with E-state index in [1.165, 1.54) is 6.92 Å². The third-order valence-electron chi connectivity index (χ3n) is 1.99. The van der Waals surface area contributed by atoms with Gasteiger partial charge in [0.25, 0.3) is 0 Å². The van der Waals surface area contributed by atoms with Crippen LogP contribution in [-0.2, 0) is 0 Å². The Morgan fingerprint density at radius 1 is 1.45 bits per heavy atom. The molecular weight excluding hydrogens is 218 g/mol. The van der Waals surface area contributed by atoms with Crippen molar-refractivity contribution in [2.45, 2.75) is 37.6 Å². The summed E-state index contributed by atoms with van der Waals surface area (Å²) in [7, 11) is 0. The maximum atomic E-state index is 12.7. The van der Waals surface area contributed by atoms with Crippen LogP contribution < -0.4 is 0 Å². The molecule has 0 amide bonds. The van der Waals surface area contributed by atoms with E-state index in [0.29, 0.717) is 0 Å². The summed E-state index contributed by atoms with van der Waals surface area (Å²) in [5.74, 6) is -0.470. The van der Waals surface area contributed by atoms with E-state index in [-0.39, 0.29) is 6.42 Å². The second-order valence-electron chi connectivity index (χ2n) is 2.93. The monoisotopic (exact) mass is 230 g/mol. The number of alkyl halides is 3. The molecule has 0 rings (SSSR count). The predicted molar refractivity (Wildman–Crippen MR) is 44.0 cm³/mol. The van der Waals surface area contributed by atoms with Gasteiger partial charge in [0.2, 0.25) is 0 Å². The molecule has 0 aliphatic heterocycles. The zero-order valence-corrected chi connectivity index (χ0v) is 8.45. The van der Waals surface area contributed by atoms with Crippen molar-refractivity contribution in [3.8, 4) is 0 Å². The highest BCUT2D eigenvalue weighted by Gasteiger charge is 2.51. The van der Waals surface area contributed by atoms with Gasteiger partial charge in [-0.15, -0.1) is 0 Å². The largest absolute Gasteiger partial charge is 0.382 e. The second-order valence-corrected chi connectivity index (χ2v) is 3.93. The molecule has 0 aromatic heterocycles. The van der Waals surface area contributed by atoms with E-state index in [1.54, 1.807) is 13.8 Å². The third kappa shape index (κ3) is 2.12. The Bertz CT molecular complexity index is 133. The second kappa shape index (κ2) is 3.35. The standard InChI is InChI=1S/C7H13BrF2O/c1-4-6(11,5(2)3)7(8,9)10/h5,11H,4H2,1-3H3. The lowest BCUT2D eigenvalue weighted by atomic mass is 9.88. The quantitative estimate of drug-likeness (QED) is 0.740. The molecule has 0 spiro atoms. The van der Waals surface area contributed by atoms with Crippen molar-refractivity contribution in [3.63, 3.8) is 0 Å². The normalized spacial score (nSPS) is 18.5. The van der Waals surface area contributed by atoms with Crippen LogP contribution in [0.15, 0.2) is 0 Å². The first-order valence-electron chi connectivity index (χ1n) is 3.54. The lowest BCUT2D eigenvalue weighted by Gasteiger charge is -2.34. The zero-order valence-electron chi connectivity index (χ0n) is 6.87. The van der Waals surface area contributed by atoms with Crippen molar-refractivity contribution >= 4 is 15.9 Å². The Hall–Kier alpha value is 0.300. The fourth-order valence-electron chi connectivity index (χ4n) is 0.936. The van der Waals surface area contributed by atoms with Gasteiger partial charge >= 0.3 is 4.83 Å². The Morgan fingerprint density at radius 3 is 1.82 bits per heavy atom. The van der Waals surface area contributed by atoms with Crippen LogP contribution in [0.25, 0.3) is 0 Å². The van der Waals surface area contributed by atoms with Crippen molar-refractivity contribution in [3.05, 3.63) is 0 Å². The van der Waals surface area contributed by atoms with Gasteiger partial charge < -0.3 is 5.11 Å². The van der Waals surface area contributed by atoms with E-state index in [9.17, 15) is 13.9 Å². The molecule has 1 N–H and O–H groups in total. The van der Waals surface area contributed by atoms with E-state index in [0.717, 1.165) is 0 Å². The van der Waals surface area contributed by atoms with Crippen molar-refractivity contribution in [2.24, 2.45) is 5.92 Å². The summed E-state index contributed by atoms with van der Waals surface area (Å²) in [5, 5.41) is 9.44. The summed E-state index contributed by atoms with van der Waals surface area (Å²) in [5.41, 5.74) is -1.94. The molecular formula is C7H13BrF2O. The smallest absolute Gasteiger partial charge is 0.329 e. The predicted octanol–water partition coefficient (Wildman–Crippen LogP) is 2.77. The van der Waals surface area contributed by atoms with Crippen LogP contribution in [0, 0.1) is 5.92 Å². The fourth-order valence-corrected chi connectivity index (χ4v) is 1.67. The van der Waals surface area contributed by atoms with Crippen LogP contribution in [0.1, 0.15) is 27.2 Å². The molecule has 0 saturated heterocycles. The molecule has 1 nitrogen and oxygen atoms in total. The minimum atomic E-state index is -3.21. The zero-order chi connectivity index (χ0) is 9.28. The Kier molecular flexibility index (Phi) is 3.44. The molecule has 0 aromatic carbocycles. The lowest BCUT2D eigenvalue weighted by molar-refractivity contribution is -0.144. The lowest BCUT2D eigenvalue weighted by Crippen LogP contribution is -2.47. The molecule has 1 atom stereocenters. The van der Waals surface area contributed by atoms with Crippen molar-refractivity contribution < 1.29 is 13.9 Å². The summed E-state index contributed by atoms with van der Waals surface area (Å²) in [6, 6.07) is 0. The van der Waals surface area contributed by atoms with Crippen LogP contribution in [0.2, 0.25) is 0 Å². The van der Waals surface area contributed by atoms with Gasteiger partial charge in [-0.05, 0) is 28.3 Å². The number of hydrogen-bond acceptors (Lipinski definition) is 1. The van der Waals surface area contributed by atoms with Crippen LogP contribution in [-0.4, -0.2) is 15.5 Å². The van der Waals surface area contributed by atoms with Gasteiger partial charge in [-0.25, -0.2) is 0 Å². The Labute approximate surface area is 73.9 Å². The average molecular weight is 231 g/mol. The minimum Gasteiger partial charge on any atom is -0.382 e. The Balaban J connectivity index is 4.61. The number of hydrogen-bond donors (Lipinski definition) is 1. The summed E-state index contributed by atoms with van der Waals surface area (Å²) in [4.78, 5) is -3.21. The summed E-state index contributed by atoms with van der Waals surface area (Å²) >= 11 is 2.18. The Morgan fingerprint density at radius 2 is 1.82 bits per heavy atom. The van der Waals surface area contributed by atoms with Crippen LogP contribution in [0.3, 0.4) is 0 Å². The highest BCUT2D eigenvalue weighted by molar-refractivity contribution is 9.10. The first kappa shape index (κ1) is 11.3. The van der Waals surface area contributed by atoms with Gasteiger partial charge in [-0.3, -0.25) is 0 Å². The molecule has 68 valence electrons. The molecule has 0 aliphatic carbocycles. The van der Waals surface area contributed by atoms with E-state index in [1.807, 2.05) is 0 Å². The molecule has 0 bridgehead atoms. The molecule has 0 aliphatic rings. The van der Waals surface area contributed by atoms with Gasteiger partial charge in [0, 0.05) is 0 Å². The summed E-state index contributed by atoms with van der Waals surface area (Å²) < 4.78 is 25.4. The fraction of sp³-hybridized carbons (Fsp3) is 1.00. The van der Waals surface area contributed by atoms with Crippen molar-refractivity contribution in [1.82, 2.24) is 0 Å². The SMILES string of the molecule is CCC(O)(C(C)C)C(F)(F)Br. The molecule has 0 radical (unpaired) electrons. The average Bonchev–Trinajstić information content (AvgIpc) is 1.83. The van der Waals surface area contributed by atoms with E-state index < -0.39 is 16.4 Å². The molecule has 0 aromatic rings. The highest BCUT2D eigenvalue weighted by Crippen LogP contribution is 2.41. The van der Waals surface area contributed by atoms with Gasteiger partial charge in [0.15, 0.2) is 0 Å². The third-order valence-corrected chi connectivity index (χ3v) is 2.67. The molecule has 0 heterocycles. The summed E-state index contributed by atoms with van der Waals surface area (Å²) in [6.07, 6.45) is 0.0307. The van der Waals surface area contributed by atoms with Crippen LogP contribution in [0.5, 0.6) is 0 Å². The van der Waals surface area contributed by atoms with Crippen LogP contribution >= 0.6 is 15.9 Å². The van der Waals surface area contributed by atoms with Crippen molar-refractivity contribution in [1.29, 1.82) is 0 Å². The van der Waals surface area contributed by atoms with Gasteiger partial charge in [-0.2, -0.15) is 8.78 Å². The number of aliphatic hydroxyl groups is 1. The van der Waals surface area contributed by atoms with Gasteiger partial charge in [0.05, 0.1) is 0 Å². The van der Waals surface area contributed by atoms with E-state index >= 15 is 0 Å². The maximum absolute atomic E-state index is 12.7. The molecule has 0 fully saturated rings. The van der Waals surface area contributed by atoms with E-state index in [2.05, 4.69) is 15.9 Å². The highest BCUT2D eigenvalue weighted by atomic mass is 79.9. The number of rotatable bonds is 3. The minimum absolute atomic E-state index is 0.0307. The first-order valence-corrected chi connectivity index (χ1v) is 4.34. The first-order chi connectivity index (χ1) is 4.75. The van der Waals surface area contributed by atoms with Crippen LogP contribution in [0.4, 0.5) is 8.78 Å². The van der Waals surface area contributed by atoms with E-state index in [4.69, 9.17) is 0 Å². The summed E-state index contributed by atoms with van der Waals surface area (Å²) in [6.45, 7) is 4.67. The van der Waals surface area contributed by atoms with Gasteiger partial charge in [-0.1, -0.05) is 20.8 Å². The maximum Gasteiger partial charge on any atom is 0.329 e.